The van der Waals surface area contributed by atoms with E-state index in [4.69, 9.17) is 19.4 Å². The number of benzene rings is 1. The smallest absolute Gasteiger partial charge is 0.161 e. The molecule has 2 aromatic heterocycles. The standard InChI is InChI=1S/C21H23N3O2S/c1-13-23-20(19-15-4-2-3-5-18(15)27-21(19)24-13)22-9-8-14-6-7-16-17(12-14)26-11-10-25-16/h6-7,12H,2-5,8-11H2,1H3,(H,22,23,24). The maximum Gasteiger partial charge on any atom is 0.161 e. The maximum atomic E-state index is 5.69. The summed E-state index contributed by atoms with van der Waals surface area (Å²) in [6.07, 6.45) is 5.81. The minimum Gasteiger partial charge on any atom is -0.486 e. The van der Waals surface area contributed by atoms with E-state index in [0.29, 0.717) is 13.2 Å². The number of aromatic nitrogens is 2. The number of rotatable bonds is 4. The van der Waals surface area contributed by atoms with E-state index in [2.05, 4.69) is 17.4 Å². The largest absolute Gasteiger partial charge is 0.486 e. The van der Waals surface area contributed by atoms with Crippen LogP contribution >= 0.6 is 11.3 Å². The molecule has 5 nitrogen and oxygen atoms in total. The fourth-order valence-electron chi connectivity index (χ4n) is 3.96. The molecule has 0 bridgehead atoms. The predicted molar refractivity (Wildman–Crippen MR) is 108 cm³/mol. The first-order chi connectivity index (χ1) is 13.3. The minimum atomic E-state index is 0.621. The highest BCUT2D eigenvalue weighted by Gasteiger charge is 2.20. The molecular weight excluding hydrogens is 358 g/mol. The molecule has 0 unspecified atom stereocenters. The minimum absolute atomic E-state index is 0.621. The molecule has 0 saturated heterocycles. The zero-order valence-electron chi connectivity index (χ0n) is 15.5. The zero-order valence-corrected chi connectivity index (χ0v) is 16.3. The second-order valence-electron chi connectivity index (χ2n) is 7.17. The summed E-state index contributed by atoms with van der Waals surface area (Å²) in [7, 11) is 0. The zero-order chi connectivity index (χ0) is 18.2. The molecule has 1 N–H and O–H groups in total. The van der Waals surface area contributed by atoms with Crippen molar-refractivity contribution in [2.24, 2.45) is 0 Å². The molecule has 27 heavy (non-hydrogen) atoms. The van der Waals surface area contributed by atoms with Gasteiger partial charge in [0, 0.05) is 11.4 Å². The Morgan fingerprint density at radius 2 is 1.93 bits per heavy atom. The number of thiophene rings is 1. The van der Waals surface area contributed by atoms with E-state index in [1.54, 1.807) is 0 Å². The maximum absolute atomic E-state index is 5.69. The van der Waals surface area contributed by atoms with Crippen LogP contribution in [0.2, 0.25) is 0 Å². The van der Waals surface area contributed by atoms with Crippen LogP contribution in [0.5, 0.6) is 11.5 Å². The van der Waals surface area contributed by atoms with Crippen LogP contribution in [0.25, 0.3) is 10.2 Å². The predicted octanol–water partition coefficient (Wildman–Crippen LogP) is 4.30. The fourth-order valence-corrected chi connectivity index (χ4v) is 5.27. The lowest BCUT2D eigenvalue weighted by molar-refractivity contribution is 0.171. The van der Waals surface area contributed by atoms with E-state index >= 15 is 0 Å². The highest BCUT2D eigenvalue weighted by Crippen LogP contribution is 2.38. The number of aryl methyl sites for hydroxylation is 3. The average Bonchev–Trinajstić information content (AvgIpc) is 3.06. The van der Waals surface area contributed by atoms with Gasteiger partial charge in [-0.15, -0.1) is 11.3 Å². The molecule has 0 amide bonds. The van der Waals surface area contributed by atoms with E-state index in [1.807, 2.05) is 24.3 Å². The van der Waals surface area contributed by atoms with Gasteiger partial charge in [-0.3, -0.25) is 0 Å². The van der Waals surface area contributed by atoms with Gasteiger partial charge in [-0.25, -0.2) is 9.97 Å². The van der Waals surface area contributed by atoms with Crippen molar-refractivity contribution in [2.45, 2.75) is 39.0 Å². The Kier molecular flexibility index (Phi) is 4.36. The first kappa shape index (κ1) is 16.8. The third kappa shape index (κ3) is 3.23. The van der Waals surface area contributed by atoms with Crippen LogP contribution in [-0.2, 0) is 19.3 Å². The topological polar surface area (TPSA) is 56.3 Å². The van der Waals surface area contributed by atoms with Crippen LogP contribution in [0.15, 0.2) is 18.2 Å². The van der Waals surface area contributed by atoms with E-state index in [9.17, 15) is 0 Å². The summed E-state index contributed by atoms with van der Waals surface area (Å²) in [6, 6.07) is 6.21. The quantitative estimate of drug-likeness (QED) is 0.730. The first-order valence-electron chi connectivity index (χ1n) is 9.69. The summed E-state index contributed by atoms with van der Waals surface area (Å²) in [5.74, 6) is 3.53. The summed E-state index contributed by atoms with van der Waals surface area (Å²) < 4.78 is 11.3. The molecule has 6 heteroatoms. The van der Waals surface area contributed by atoms with Crippen LogP contribution in [0.4, 0.5) is 5.82 Å². The molecule has 2 aliphatic rings. The molecule has 0 atom stereocenters. The Labute approximate surface area is 162 Å². The summed E-state index contributed by atoms with van der Waals surface area (Å²) in [5, 5.41) is 4.83. The van der Waals surface area contributed by atoms with Gasteiger partial charge in [-0.2, -0.15) is 0 Å². The van der Waals surface area contributed by atoms with Crippen molar-refractivity contribution in [2.75, 3.05) is 25.1 Å². The molecular formula is C21H23N3O2S. The molecule has 1 aromatic carbocycles. The highest BCUT2D eigenvalue weighted by molar-refractivity contribution is 7.19. The van der Waals surface area contributed by atoms with E-state index in [1.165, 1.54) is 40.7 Å². The van der Waals surface area contributed by atoms with E-state index in [-0.39, 0.29) is 0 Å². The van der Waals surface area contributed by atoms with E-state index < -0.39 is 0 Å². The van der Waals surface area contributed by atoms with Gasteiger partial charge in [0.25, 0.3) is 0 Å². The van der Waals surface area contributed by atoms with Gasteiger partial charge in [-0.1, -0.05) is 6.07 Å². The highest BCUT2D eigenvalue weighted by atomic mass is 32.1. The number of anilines is 1. The van der Waals surface area contributed by atoms with Gasteiger partial charge >= 0.3 is 0 Å². The number of nitrogens with zero attached hydrogens (tertiary/aromatic N) is 2. The second-order valence-corrected chi connectivity index (χ2v) is 8.25. The molecule has 0 radical (unpaired) electrons. The van der Waals surface area contributed by atoms with Crippen LogP contribution < -0.4 is 14.8 Å². The SMILES string of the molecule is Cc1nc(NCCc2ccc3c(c2)OCCO3)c2c3c(sc2n1)CCCC3. The lowest BCUT2D eigenvalue weighted by Crippen LogP contribution is -2.15. The monoisotopic (exact) mass is 381 g/mol. The van der Waals surface area contributed by atoms with Crippen LogP contribution in [0, 0.1) is 6.92 Å². The van der Waals surface area contributed by atoms with Crippen LogP contribution in [0.1, 0.15) is 34.7 Å². The van der Waals surface area contributed by atoms with Crippen molar-refractivity contribution >= 4 is 27.4 Å². The molecule has 5 rings (SSSR count). The van der Waals surface area contributed by atoms with Gasteiger partial charge in [0.05, 0.1) is 5.39 Å². The molecule has 0 spiro atoms. The Hall–Kier alpha value is -2.34. The summed E-state index contributed by atoms with van der Waals surface area (Å²) in [5.41, 5.74) is 2.71. The lowest BCUT2D eigenvalue weighted by atomic mass is 9.97. The average molecular weight is 382 g/mol. The van der Waals surface area contributed by atoms with Crippen molar-refractivity contribution in [1.82, 2.24) is 9.97 Å². The Morgan fingerprint density at radius 1 is 1.07 bits per heavy atom. The van der Waals surface area contributed by atoms with Crippen LogP contribution in [0.3, 0.4) is 0 Å². The Balaban J connectivity index is 1.36. The first-order valence-corrected chi connectivity index (χ1v) is 10.5. The Morgan fingerprint density at radius 3 is 2.85 bits per heavy atom. The third-order valence-corrected chi connectivity index (χ3v) is 6.42. The Bertz CT molecular complexity index is 999. The van der Waals surface area contributed by atoms with E-state index in [0.717, 1.165) is 47.4 Å². The van der Waals surface area contributed by atoms with Crippen molar-refractivity contribution in [1.29, 1.82) is 0 Å². The number of ether oxygens (including phenoxy) is 2. The van der Waals surface area contributed by atoms with Crippen molar-refractivity contribution < 1.29 is 9.47 Å². The molecule has 0 saturated carbocycles. The summed E-state index contributed by atoms with van der Waals surface area (Å²) in [6.45, 7) is 4.05. The lowest BCUT2D eigenvalue weighted by Gasteiger charge is -2.19. The third-order valence-electron chi connectivity index (χ3n) is 5.24. The second kappa shape index (κ2) is 7.00. The van der Waals surface area contributed by atoms with Gasteiger partial charge in [0.2, 0.25) is 0 Å². The van der Waals surface area contributed by atoms with Gasteiger partial charge in [0.15, 0.2) is 11.5 Å². The van der Waals surface area contributed by atoms with Gasteiger partial charge in [0.1, 0.15) is 29.7 Å². The molecule has 3 heterocycles. The fraction of sp³-hybridized carbons (Fsp3) is 0.429. The van der Waals surface area contributed by atoms with Crippen molar-refractivity contribution in [3.63, 3.8) is 0 Å². The number of fused-ring (bicyclic) bond motifs is 4. The molecule has 140 valence electrons. The summed E-state index contributed by atoms with van der Waals surface area (Å²) >= 11 is 1.85. The van der Waals surface area contributed by atoms with Crippen LogP contribution in [-0.4, -0.2) is 29.7 Å². The number of hydrogen-bond donors (Lipinski definition) is 1. The summed E-state index contributed by atoms with van der Waals surface area (Å²) in [4.78, 5) is 12.1. The molecule has 1 aliphatic carbocycles. The van der Waals surface area contributed by atoms with Crippen molar-refractivity contribution in [3.05, 3.63) is 40.0 Å². The van der Waals surface area contributed by atoms with Crippen molar-refractivity contribution in [3.8, 4) is 11.5 Å². The molecule has 1 aliphatic heterocycles. The molecule has 0 fully saturated rings. The number of hydrogen-bond acceptors (Lipinski definition) is 6. The number of nitrogens with one attached hydrogen (secondary N) is 1. The molecule has 3 aromatic rings. The normalized spacial score (nSPS) is 15.6. The van der Waals surface area contributed by atoms with Gasteiger partial charge < -0.3 is 14.8 Å². The van der Waals surface area contributed by atoms with Gasteiger partial charge in [-0.05, 0) is 62.3 Å².